The first-order chi connectivity index (χ1) is 9.04. The monoisotopic (exact) mass is 333 g/mol. The van der Waals surface area contributed by atoms with E-state index in [9.17, 15) is 0 Å². The van der Waals surface area contributed by atoms with Crippen LogP contribution < -0.4 is 5.32 Å². The summed E-state index contributed by atoms with van der Waals surface area (Å²) in [6.45, 7) is 0.761. The summed E-state index contributed by atoms with van der Waals surface area (Å²) in [4.78, 5) is 0. The normalized spacial score (nSPS) is 10.8. The van der Waals surface area contributed by atoms with Crippen LogP contribution in [0, 0.1) is 0 Å². The van der Waals surface area contributed by atoms with Crippen molar-refractivity contribution in [3.8, 4) is 11.1 Å². The van der Waals surface area contributed by atoms with Crippen molar-refractivity contribution in [1.29, 1.82) is 0 Å². The highest BCUT2D eigenvalue weighted by molar-refractivity contribution is 6.50. The molecule has 0 aliphatic heterocycles. The minimum Gasteiger partial charge on any atom is -0.316 e. The Morgan fingerprint density at radius 1 is 0.947 bits per heavy atom. The first-order valence-electron chi connectivity index (χ1n) is 5.61. The Hall–Kier alpha value is -0.440. The minimum atomic E-state index is 0.394. The molecule has 2 rings (SSSR count). The second-order valence-electron chi connectivity index (χ2n) is 4.07. The van der Waals surface area contributed by atoms with Crippen molar-refractivity contribution in [1.82, 2.24) is 5.32 Å². The third-order valence-electron chi connectivity index (χ3n) is 2.71. The summed E-state index contributed by atoms with van der Waals surface area (Å²) >= 11 is 24.6. The van der Waals surface area contributed by atoms with Gasteiger partial charge in [0.15, 0.2) is 0 Å². The van der Waals surface area contributed by atoms with Crippen molar-refractivity contribution in [2.45, 2.75) is 6.54 Å². The lowest BCUT2D eigenvalue weighted by molar-refractivity contribution is 0.818. The van der Waals surface area contributed by atoms with Crippen LogP contribution in [-0.2, 0) is 6.54 Å². The Kier molecular flexibility index (Phi) is 4.99. The van der Waals surface area contributed by atoms with E-state index in [-0.39, 0.29) is 0 Å². The van der Waals surface area contributed by atoms with Gasteiger partial charge in [-0.1, -0.05) is 64.6 Å². The number of rotatable bonds is 3. The largest absolute Gasteiger partial charge is 0.316 e. The third kappa shape index (κ3) is 3.18. The van der Waals surface area contributed by atoms with Gasteiger partial charge in [0.1, 0.15) is 0 Å². The van der Waals surface area contributed by atoms with Crippen molar-refractivity contribution in [3.63, 3.8) is 0 Å². The molecule has 0 heterocycles. The Balaban J connectivity index is 2.61. The molecule has 0 fully saturated rings. The fraction of sp³-hybridized carbons (Fsp3) is 0.143. The molecule has 0 aromatic heterocycles. The van der Waals surface area contributed by atoms with Gasteiger partial charge in [-0.2, -0.15) is 0 Å². The predicted molar refractivity (Wildman–Crippen MR) is 84.7 cm³/mol. The molecule has 0 amide bonds. The van der Waals surface area contributed by atoms with Crippen molar-refractivity contribution < 1.29 is 0 Å². The fourth-order valence-electron chi connectivity index (χ4n) is 1.87. The number of hydrogen-bond acceptors (Lipinski definition) is 1. The van der Waals surface area contributed by atoms with E-state index in [0.717, 1.165) is 17.7 Å². The van der Waals surface area contributed by atoms with E-state index in [1.807, 2.05) is 31.3 Å². The highest BCUT2D eigenvalue weighted by Crippen LogP contribution is 2.43. The molecule has 0 atom stereocenters. The van der Waals surface area contributed by atoms with Gasteiger partial charge in [-0.3, -0.25) is 0 Å². The van der Waals surface area contributed by atoms with E-state index in [0.29, 0.717) is 25.7 Å². The maximum absolute atomic E-state index is 6.24. The molecule has 0 saturated carbocycles. The van der Waals surface area contributed by atoms with Gasteiger partial charge in [0.2, 0.25) is 0 Å². The molecular weight excluding hydrogens is 324 g/mol. The van der Waals surface area contributed by atoms with Gasteiger partial charge in [-0.05, 0) is 30.3 Å². The lowest BCUT2D eigenvalue weighted by Crippen LogP contribution is -2.04. The van der Waals surface area contributed by atoms with Crippen LogP contribution in [0.1, 0.15) is 5.56 Å². The number of halogens is 4. The second kappa shape index (κ2) is 6.34. The first-order valence-corrected chi connectivity index (χ1v) is 7.12. The highest BCUT2D eigenvalue weighted by Gasteiger charge is 2.15. The highest BCUT2D eigenvalue weighted by atomic mass is 35.5. The summed E-state index contributed by atoms with van der Waals surface area (Å²) in [6, 6.07) is 9.46. The van der Waals surface area contributed by atoms with E-state index in [1.165, 1.54) is 0 Å². The summed E-state index contributed by atoms with van der Waals surface area (Å²) in [5, 5.41) is 4.71. The fourth-order valence-corrected chi connectivity index (χ4v) is 2.90. The van der Waals surface area contributed by atoms with Crippen molar-refractivity contribution in [3.05, 3.63) is 56.0 Å². The number of benzene rings is 2. The van der Waals surface area contributed by atoms with Crippen LogP contribution in [0.25, 0.3) is 11.1 Å². The molecule has 1 N–H and O–H groups in total. The molecule has 0 spiro atoms. The van der Waals surface area contributed by atoms with Crippen LogP contribution in [-0.4, -0.2) is 7.05 Å². The summed E-state index contributed by atoms with van der Waals surface area (Å²) in [6.07, 6.45) is 0. The average molecular weight is 335 g/mol. The minimum absolute atomic E-state index is 0.394. The maximum atomic E-state index is 6.24. The van der Waals surface area contributed by atoms with Crippen LogP contribution in [0.5, 0.6) is 0 Å². The topological polar surface area (TPSA) is 12.0 Å². The molecule has 2 aromatic carbocycles. The van der Waals surface area contributed by atoms with Crippen molar-refractivity contribution >= 4 is 46.4 Å². The Morgan fingerprint density at radius 2 is 1.58 bits per heavy atom. The number of hydrogen-bond donors (Lipinski definition) is 1. The van der Waals surface area contributed by atoms with Gasteiger partial charge in [-0.25, -0.2) is 0 Å². The van der Waals surface area contributed by atoms with Crippen LogP contribution >= 0.6 is 46.4 Å². The summed E-state index contributed by atoms with van der Waals surface area (Å²) in [5.41, 5.74) is 2.69. The second-order valence-corrected chi connectivity index (χ2v) is 5.64. The van der Waals surface area contributed by atoms with Crippen molar-refractivity contribution in [2.75, 3.05) is 7.05 Å². The zero-order chi connectivity index (χ0) is 14.0. The van der Waals surface area contributed by atoms with Crippen LogP contribution in [0.3, 0.4) is 0 Å². The van der Waals surface area contributed by atoms with Gasteiger partial charge in [0, 0.05) is 12.1 Å². The molecule has 100 valence electrons. The standard InChI is InChI=1S/C14H11Cl4N/c1-19-7-8-3-2-4-9(5-8)12-13(17)10(15)6-11(16)14(12)18/h2-6,19H,7H2,1H3. The lowest BCUT2D eigenvalue weighted by Gasteiger charge is -2.12. The van der Waals surface area contributed by atoms with Crippen molar-refractivity contribution in [2.24, 2.45) is 0 Å². The molecule has 0 radical (unpaired) electrons. The van der Waals surface area contributed by atoms with Gasteiger partial charge in [0.25, 0.3) is 0 Å². The molecule has 0 unspecified atom stereocenters. The summed E-state index contributed by atoms with van der Waals surface area (Å²) in [7, 11) is 1.89. The quantitative estimate of drug-likeness (QED) is 0.711. The third-order valence-corrected chi connectivity index (χ3v) is 4.28. The maximum Gasteiger partial charge on any atom is 0.0686 e. The Bertz CT molecular complexity index is 584. The molecule has 19 heavy (non-hydrogen) atoms. The summed E-state index contributed by atoms with van der Waals surface area (Å²) < 4.78 is 0. The zero-order valence-corrected chi connectivity index (χ0v) is 13.1. The predicted octanol–water partition coefficient (Wildman–Crippen LogP) is 5.69. The molecule has 2 aromatic rings. The zero-order valence-electron chi connectivity index (χ0n) is 10.1. The summed E-state index contributed by atoms with van der Waals surface area (Å²) in [5.74, 6) is 0. The number of nitrogens with one attached hydrogen (secondary N) is 1. The van der Waals surface area contributed by atoms with Crippen LogP contribution in [0.4, 0.5) is 0 Å². The Morgan fingerprint density at radius 3 is 2.16 bits per heavy atom. The molecule has 0 aliphatic carbocycles. The molecule has 0 bridgehead atoms. The Labute approximate surface area is 132 Å². The van der Waals surface area contributed by atoms with Crippen LogP contribution in [0.2, 0.25) is 20.1 Å². The molecule has 0 saturated heterocycles. The van der Waals surface area contributed by atoms with Gasteiger partial charge >= 0.3 is 0 Å². The van der Waals surface area contributed by atoms with Crippen LogP contribution in [0.15, 0.2) is 30.3 Å². The molecular formula is C14H11Cl4N. The van der Waals surface area contributed by atoms with E-state index in [4.69, 9.17) is 46.4 Å². The van der Waals surface area contributed by atoms with E-state index in [2.05, 4.69) is 5.32 Å². The van der Waals surface area contributed by atoms with Gasteiger partial charge < -0.3 is 5.32 Å². The van der Waals surface area contributed by atoms with Gasteiger partial charge in [-0.15, -0.1) is 0 Å². The smallest absolute Gasteiger partial charge is 0.0686 e. The average Bonchev–Trinajstić information content (AvgIpc) is 2.38. The SMILES string of the molecule is CNCc1cccc(-c2c(Cl)c(Cl)cc(Cl)c2Cl)c1. The first kappa shape index (κ1) is 15.0. The molecule has 1 nitrogen and oxygen atoms in total. The molecule has 0 aliphatic rings. The van der Waals surface area contributed by atoms with E-state index >= 15 is 0 Å². The lowest BCUT2D eigenvalue weighted by atomic mass is 10.0. The van der Waals surface area contributed by atoms with E-state index in [1.54, 1.807) is 6.07 Å². The van der Waals surface area contributed by atoms with E-state index < -0.39 is 0 Å². The van der Waals surface area contributed by atoms with Gasteiger partial charge in [0.05, 0.1) is 20.1 Å². The molecule has 5 heteroatoms.